The van der Waals surface area contributed by atoms with Crippen molar-refractivity contribution in [3.8, 4) is 0 Å². The molecule has 0 amide bonds. The lowest BCUT2D eigenvalue weighted by molar-refractivity contribution is 0.0138. The van der Waals surface area contributed by atoms with Crippen molar-refractivity contribution in [3.63, 3.8) is 0 Å². The van der Waals surface area contributed by atoms with Crippen molar-refractivity contribution in [2.75, 3.05) is 90.7 Å². The van der Waals surface area contributed by atoms with E-state index in [4.69, 9.17) is 57.6 Å². The third-order valence-electron chi connectivity index (χ3n) is 7.57. The lowest BCUT2D eigenvalue weighted by atomic mass is 10.0. The fourth-order valence-electron chi connectivity index (χ4n) is 4.43. The van der Waals surface area contributed by atoms with E-state index in [-0.39, 0.29) is 12.2 Å². The van der Waals surface area contributed by atoms with Gasteiger partial charge in [-0.25, -0.2) is 0 Å². The molecule has 0 aliphatic carbocycles. The number of ether oxygens (including phenoxy) is 7. The normalized spacial score (nSPS) is 13.9. The summed E-state index contributed by atoms with van der Waals surface area (Å²) in [5.74, 6) is 2.31. The molecule has 0 aliphatic heterocycles. The van der Waals surface area contributed by atoms with Crippen LogP contribution in [0.15, 0.2) is 0 Å². The number of nitrogens with one attached hydrogen (secondary N) is 2. The van der Waals surface area contributed by atoms with Crippen LogP contribution in [0.1, 0.15) is 91.9 Å². The lowest BCUT2D eigenvalue weighted by Gasteiger charge is -2.20. The van der Waals surface area contributed by atoms with Crippen LogP contribution in [-0.2, 0) is 33.2 Å². The zero-order valence-electron chi connectivity index (χ0n) is 29.8. The summed E-state index contributed by atoms with van der Waals surface area (Å²) in [6, 6.07) is 0. The molecule has 0 bridgehead atoms. The minimum atomic E-state index is -0.158. The van der Waals surface area contributed by atoms with Crippen LogP contribution in [0.3, 0.4) is 0 Å². The SMILES string of the molecule is CCCCC(CC)COCC(CS)OC(=S)NCCCOCCOCCOCCCNC(=S)OC(CS)COCC(CC)CCCC. The maximum atomic E-state index is 5.89. The number of hydrogen-bond donors (Lipinski definition) is 4. The molecule has 0 spiro atoms. The zero-order valence-corrected chi connectivity index (χ0v) is 33.3. The fraction of sp³-hybridized carbons (Fsp3) is 0.941. The summed E-state index contributed by atoms with van der Waals surface area (Å²) in [5, 5.41) is 7.00. The van der Waals surface area contributed by atoms with Crippen molar-refractivity contribution in [1.29, 1.82) is 0 Å². The monoisotopic (exact) mass is 744 g/mol. The van der Waals surface area contributed by atoms with Gasteiger partial charge in [-0.15, -0.1) is 0 Å². The summed E-state index contributed by atoms with van der Waals surface area (Å²) in [6.45, 7) is 16.1. The molecular weight excluding hydrogens is 677 g/mol. The van der Waals surface area contributed by atoms with E-state index >= 15 is 0 Å². The van der Waals surface area contributed by atoms with Gasteiger partial charge in [0, 0.05) is 51.0 Å². The van der Waals surface area contributed by atoms with Crippen molar-refractivity contribution in [2.24, 2.45) is 11.8 Å². The van der Waals surface area contributed by atoms with E-state index in [1.165, 1.54) is 38.5 Å². The topological polar surface area (TPSA) is 88.7 Å². The maximum absolute atomic E-state index is 5.89. The van der Waals surface area contributed by atoms with Gasteiger partial charge < -0.3 is 43.8 Å². The van der Waals surface area contributed by atoms with Crippen molar-refractivity contribution in [2.45, 2.75) is 104 Å². The Morgan fingerprint density at radius 1 is 0.532 bits per heavy atom. The van der Waals surface area contributed by atoms with Crippen LogP contribution < -0.4 is 10.6 Å². The highest BCUT2D eigenvalue weighted by atomic mass is 32.1. The summed E-state index contributed by atoms with van der Waals surface area (Å²) in [6.07, 6.45) is 10.9. The smallest absolute Gasteiger partial charge is 0.257 e. The summed E-state index contributed by atoms with van der Waals surface area (Å²) in [5.41, 5.74) is 0. The molecule has 0 saturated heterocycles. The van der Waals surface area contributed by atoms with Crippen molar-refractivity contribution >= 4 is 60.0 Å². The first kappa shape index (κ1) is 46.9. The van der Waals surface area contributed by atoms with Crippen molar-refractivity contribution < 1.29 is 33.2 Å². The Morgan fingerprint density at radius 2 is 0.915 bits per heavy atom. The molecule has 4 atom stereocenters. The third-order valence-corrected chi connectivity index (χ3v) is 8.87. The van der Waals surface area contributed by atoms with Gasteiger partial charge in [-0.2, -0.15) is 25.3 Å². The van der Waals surface area contributed by atoms with Crippen molar-refractivity contribution in [3.05, 3.63) is 0 Å². The summed E-state index contributed by atoms with van der Waals surface area (Å²) in [4.78, 5) is 0. The second kappa shape index (κ2) is 35.7. The van der Waals surface area contributed by atoms with E-state index in [0.29, 0.717) is 99.6 Å². The zero-order chi connectivity index (χ0) is 34.8. The van der Waals surface area contributed by atoms with Gasteiger partial charge in [-0.3, -0.25) is 0 Å². The highest BCUT2D eigenvalue weighted by Gasteiger charge is 2.14. The van der Waals surface area contributed by atoms with Crippen molar-refractivity contribution in [1.82, 2.24) is 10.6 Å². The molecule has 0 rings (SSSR count). The largest absolute Gasteiger partial charge is 0.464 e. The second-order valence-corrected chi connectivity index (χ2v) is 13.2. The van der Waals surface area contributed by atoms with Crippen LogP contribution in [0.5, 0.6) is 0 Å². The molecule has 47 heavy (non-hydrogen) atoms. The van der Waals surface area contributed by atoms with E-state index in [1.54, 1.807) is 0 Å². The predicted octanol–water partition coefficient (Wildman–Crippen LogP) is 6.66. The Balaban J connectivity index is 3.63. The number of unbranched alkanes of at least 4 members (excludes halogenated alkanes) is 2. The number of thiocarbonyl (C=S) groups is 2. The Bertz CT molecular complexity index is 659. The van der Waals surface area contributed by atoms with E-state index in [0.717, 1.165) is 38.9 Å². The average molecular weight is 745 g/mol. The van der Waals surface area contributed by atoms with E-state index in [1.807, 2.05) is 0 Å². The highest BCUT2D eigenvalue weighted by Crippen LogP contribution is 2.14. The molecule has 0 aromatic rings. The fourth-order valence-corrected chi connectivity index (χ4v) is 5.27. The van der Waals surface area contributed by atoms with Gasteiger partial charge >= 0.3 is 0 Å². The van der Waals surface area contributed by atoms with Gasteiger partial charge in [0.2, 0.25) is 0 Å². The molecule has 0 fully saturated rings. The van der Waals surface area contributed by atoms with Crippen LogP contribution in [0.2, 0.25) is 0 Å². The van der Waals surface area contributed by atoms with E-state index in [9.17, 15) is 0 Å². The van der Waals surface area contributed by atoms with Gasteiger partial charge in [-0.05, 0) is 62.0 Å². The first-order chi connectivity index (χ1) is 22.9. The van der Waals surface area contributed by atoms with Gasteiger partial charge in [0.1, 0.15) is 12.2 Å². The third kappa shape index (κ3) is 30.4. The number of hydrogen-bond acceptors (Lipinski definition) is 11. The lowest BCUT2D eigenvalue weighted by Crippen LogP contribution is -2.33. The molecule has 4 unspecified atom stereocenters. The van der Waals surface area contributed by atoms with E-state index in [2.05, 4.69) is 63.6 Å². The molecule has 2 N–H and O–H groups in total. The molecule has 280 valence electrons. The second-order valence-electron chi connectivity index (χ2n) is 11.7. The molecular formula is C34H68N2O7S4. The van der Waals surface area contributed by atoms with Crippen LogP contribution in [0.4, 0.5) is 0 Å². The molecule has 0 heterocycles. The number of thiol groups is 2. The highest BCUT2D eigenvalue weighted by molar-refractivity contribution is 7.80. The van der Waals surface area contributed by atoms with Crippen LogP contribution in [0.25, 0.3) is 0 Å². The molecule has 0 saturated carbocycles. The molecule has 9 nitrogen and oxygen atoms in total. The first-order valence-corrected chi connectivity index (χ1v) is 20.0. The van der Waals surface area contributed by atoms with E-state index < -0.39 is 0 Å². The number of rotatable bonds is 34. The van der Waals surface area contributed by atoms with Gasteiger partial charge in [0.25, 0.3) is 10.3 Å². The Morgan fingerprint density at radius 3 is 1.26 bits per heavy atom. The van der Waals surface area contributed by atoms with Gasteiger partial charge in [-0.1, -0.05) is 66.2 Å². The average Bonchev–Trinajstić information content (AvgIpc) is 3.08. The minimum Gasteiger partial charge on any atom is -0.464 e. The molecule has 0 aliphatic rings. The summed E-state index contributed by atoms with van der Waals surface area (Å²) in [7, 11) is 0. The molecule has 0 aromatic carbocycles. The summed E-state index contributed by atoms with van der Waals surface area (Å²) < 4.78 is 40.2. The predicted molar refractivity (Wildman–Crippen MR) is 209 cm³/mol. The van der Waals surface area contributed by atoms with Crippen LogP contribution in [-0.4, -0.2) is 113 Å². The first-order valence-electron chi connectivity index (χ1n) is 17.9. The van der Waals surface area contributed by atoms with Crippen LogP contribution >= 0.6 is 49.7 Å². The summed E-state index contributed by atoms with van der Waals surface area (Å²) >= 11 is 19.4. The Labute approximate surface area is 309 Å². The van der Waals surface area contributed by atoms with Gasteiger partial charge in [0.15, 0.2) is 0 Å². The Kier molecular flexibility index (Phi) is 35.6. The molecule has 0 radical (unpaired) electrons. The standard InChI is InChI=1S/C34H68N2O7S4/c1-5-9-13-29(7-3)23-40-25-31(27-44)42-33(46)35-15-11-17-37-19-21-39-22-20-38-18-12-16-36-34(47)43-32(28-45)26-41-24-30(8-4)14-10-6-2/h29-32,44-45H,5-28H2,1-4H3,(H,35,46)(H,36,47). The van der Waals surface area contributed by atoms with Gasteiger partial charge in [0.05, 0.1) is 39.6 Å². The maximum Gasteiger partial charge on any atom is 0.257 e. The quantitative estimate of drug-likeness (QED) is 0.0324. The van der Waals surface area contributed by atoms with Crippen LogP contribution in [0, 0.1) is 11.8 Å². The minimum absolute atomic E-state index is 0.158. The Hall–Kier alpha value is -0.120. The molecule has 13 heteroatoms. The molecule has 0 aromatic heterocycles.